The first-order chi connectivity index (χ1) is 3.77. The molecule has 0 saturated heterocycles. The van der Waals surface area contributed by atoms with Gasteiger partial charge in [0, 0.05) is 5.75 Å². The van der Waals surface area contributed by atoms with Gasteiger partial charge in [-0.3, -0.25) is 5.41 Å². The van der Waals surface area contributed by atoms with Crippen molar-refractivity contribution in [2.24, 2.45) is 5.73 Å². The molecule has 0 amide bonds. The molecule has 0 aromatic rings. The monoisotopic (exact) mass is 186 g/mol. The number of amidine groups is 1. The summed E-state index contributed by atoms with van der Waals surface area (Å²) in [6.07, 6.45) is 1.14. The van der Waals surface area contributed by atoms with Crippen LogP contribution in [0.1, 0.15) is 13.3 Å². The second-order valence-corrected chi connectivity index (χ2v) is 3.73. The molecule has 56 valence electrons. The van der Waals surface area contributed by atoms with E-state index in [2.05, 4.69) is 6.92 Å². The number of rotatable bonds is 3. The van der Waals surface area contributed by atoms with Gasteiger partial charge in [0.1, 0.15) is 0 Å². The SMILES string of the molecule is CCCSSC(=N)N.Cl. The van der Waals surface area contributed by atoms with E-state index in [1.807, 2.05) is 0 Å². The van der Waals surface area contributed by atoms with Crippen LogP contribution < -0.4 is 5.73 Å². The number of nitrogens with two attached hydrogens (primary N) is 1. The molecule has 0 atom stereocenters. The standard InChI is InChI=1S/C4H10N2S2.ClH/c1-2-3-7-8-4(5)6;/h2-3H2,1H3,(H3,5,6);1H. The molecule has 3 N–H and O–H groups in total. The molecular formula is C4H11ClN2S2. The number of nitrogens with one attached hydrogen (secondary N) is 1. The van der Waals surface area contributed by atoms with Crippen LogP contribution in [-0.2, 0) is 0 Å². The molecule has 0 aliphatic carbocycles. The van der Waals surface area contributed by atoms with Crippen molar-refractivity contribution in [3.05, 3.63) is 0 Å². The van der Waals surface area contributed by atoms with E-state index in [-0.39, 0.29) is 17.6 Å². The Morgan fingerprint density at radius 1 is 1.67 bits per heavy atom. The van der Waals surface area contributed by atoms with Crippen LogP contribution in [0.3, 0.4) is 0 Å². The largest absolute Gasteiger partial charge is 0.378 e. The first-order valence-corrected chi connectivity index (χ1v) is 4.72. The zero-order chi connectivity index (χ0) is 6.41. The van der Waals surface area contributed by atoms with Gasteiger partial charge in [0.15, 0.2) is 5.17 Å². The van der Waals surface area contributed by atoms with E-state index in [9.17, 15) is 0 Å². The normalized spacial score (nSPS) is 8.11. The van der Waals surface area contributed by atoms with Crippen LogP contribution in [0.15, 0.2) is 0 Å². The fourth-order valence-corrected chi connectivity index (χ4v) is 1.70. The fraction of sp³-hybridized carbons (Fsp3) is 0.750. The molecule has 0 rings (SSSR count). The minimum absolute atomic E-state index is 0. The summed E-state index contributed by atoms with van der Waals surface area (Å²) in [7, 11) is 2.96. The summed E-state index contributed by atoms with van der Waals surface area (Å²) < 4.78 is 0. The van der Waals surface area contributed by atoms with Crippen LogP contribution in [-0.4, -0.2) is 10.9 Å². The molecule has 0 fully saturated rings. The van der Waals surface area contributed by atoms with Gasteiger partial charge in [-0.05, 0) is 17.2 Å². The number of hydrogen-bond acceptors (Lipinski definition) is 3. The summed E-state index contributed by atoms with van der Waals surface area (Å²) >= 11 is 0. The van der Waals surface area contributed by atoms with Crippen molar-refractivity contribution in [2.45, 2.75) is 13.3 Å². The average molecular weight is 187 g/mol. The highest BCUT2D eigenvalue weighted by molar-refractivity contribution is 8.82. The van der Waals surface area contributed by atoms with Gasteiger partial charge in [0.05, 0.1) is 0 Å². The summed E-state index contributed by atoms with van der Waals surface area (Å²) in [5.41, 5.74) is 5.06. The van der Waals surface area contributed by atoms with Crippen LogP contribution in [0.4, 0.5) is 0 Å². The van der Waals surface area contributed by atoms with Crippen molar-refractivity contribution in [2.75, 3.05) is 5.75 Å². The Morgan fingerprint density at radius 2 is 2.22 bits per heavy atom. The minimum atomic E-state index is 0. The third-order valence-electron chi connectivity index (χ3n) is 0.436. The highest BCUT2D eigenvalue weighted by Gasteiger charge is 1.87. The Morgan fingerprint density at radius 3 is 2.56 bits per heavy atom. The molecule has 9 heavy (non-hydrogen) atoms. The average Bonchev–Trinajstić information content (AvgIpc) is 1.66. The first kappa shape index (κ1) is 12.2. The predicted molar refractivity (Wildman–Crippen MR) is 49.5 cm³/mol. The number of halogens is 1. The van der Waals surface area contributed by atoms with Crippen molar-refractivity contribution in [1.29, 1.82) is 5.41 Å². The van der Waals surface area contributed by atoms with Crippen molar-refractivity contribution >= 4 is 39.2 Å². The smallest absolute Gasteiger partial charge is 0.161 e. The minimum Gasteiger partial charge on any atom is -0.378 e. The van der Waals surface area contributed by atoms with Gasteiger partial charge in [-0.15, -0.1) is 12.4 Å². The van der Waals surface area contributed by atoms with E-state index in [1.54, 1.807) is 10.8 Å². The molecule has 0 radical (unpaired) electrons. The van der Waals surface area contributed by atoms with Crippen LogP contribution >= 0.6 is 34.0 Å². The lowest BCUT2D eigenvalue weighted by atomic mass is 10.6. The molecule has 0 spiro atoms. The maximum atomic E-state index is 6.79. The third-order valence-corrected chi connectivity index (χ3v) is 2.70. The molecule has 2 nitrogen and oxygen atoms in total. The van der Waals surface area contributed by atoms with E-state index >= 15 is 0 Å². The van der Waals surface area contributed by atoms with Crippen LogP contribution in [0.2, 0.25) is 0 Å². The Hall–Kier alpha value is 0.460. The highest BCUT2D eigenvalue weighted by atomic mass is 35.5. The van der Waals surface area contributed by atoms with Crippen molar-refractivity contribution in [3.63, 3.8) is 0 Å². The molecule has 0 aliphatic rings. The predicted octanol–water partition coefficient (Wildman–Crippen LogP) is 2.09. The maximum Gasteiger partial charge on any atom is 0.161 e. The maximum absolute atomic E-state index is 6.79. The van der Waals surface area contributed by atoms with Gasteiger partial charge in [-0.2, -0.15) is 0 Å². The van der Waals surface area contributed by atoms with Crippen LogP contribution in [0.25, 0.3) is 0 Å². The molecular weight excluding hydrogens is 176 g/mol. The van der Waals surface area contributed by atoms with E-state index in [0.29, 0.717) is 0 Å². The van der Waals surface area contributed by atoms with Crippen molar-refractivity contribution in [1.82, 2.24) is 0 Å². The zero-order valence-electron chi connectivity index (χ0n) is 5.22. The summed E-state index contributed by atoms with van der Waals surface area (Å²) in [6.45, 7) is 2.10. The lowest BCUT2D eigenvalue weighted by Crippen LogP contribution is -2.00. The lowest BCUT2D eigenvalue weighted by molar-refractivity contribution is 1.11. The Balaban J connectivity index is 0. The van der Waals surface area contributed by atoms with E-state index in [4.69, 9.17) is 11.1 Å². The van der Waals surface area contributed by atoms with Gasteiger partial charge in [-0.25, -0.2) is 0 Å². The van der Waals surface area contributed by atoms with Crippen molar-refractivity contribution in [3.8, 4) is 0 Å². The highest BCUT2D eigenvalue weighted by Crippen LogP contribution is 2.20. The summed E-state index contributed by atoms with van der Waals surface area (Å²) in [6, 6.07) is 0. The van der Waals surface area contributed by atoms with Crippen LogP contribution in [0.5, 0.6) is 0 Å². The topological polar surface area (TPSA) is 49.9 Å². The lowest BCUT2D eigenvalue weighted by Gasteiger charge is -1.92. The Labute approximate surface area is 69.7 Å². The van der Waals surface area contributed by atoms with Crippen LogP contribution in [0, 0.1) is 5.41 Å². The summed E-state index contributed by atoms with van der Waals surface area (Å²) in [4.78, 5) is 0. The molecule has 0 unspecified atom stereocenters. The molecule has 5 heteroatoms. The van der Waals surface area contributed by atoms with E-state index in [1.165, 1.54) is 10.8 Å². The molecule has 0 aromatic heterocycles. The quantitative estimate of drug-likeness (QED) is 0.307. The summed E-state index contributed by atoms with van der Waals surface area (Å²) in [5.74, 6) is 1.07. The Kier molecular flexibility index (Phi) is 11.4. The first-order valence-electron chi connectivity index (χ1n) is 2.41. The van der Waals surface area contributed by atoms with Gasteiger partial charge in [-0.1, -0.05) is 17.7 Å². The second-order valence-electron chi connectivity index (χ2n) is 1.27. The second kappa shape index (κ2) is 8.46. The molecule has 0 heterocycles. The summed E-state index contributed by atoms with van der Waals surface area (Å²) in [5, 5.41) is 6.99. The van der Waals surface area contributed by atoms with Gasteiger partial charge >= 0.3 is 0 Å². The van der Waals surface area contributed by atoms with E-state index < -0.39 is 0 Å². The number of hydrogen-bond donors (Lipinski definition) is 2. The van der Waals surface area contributed by atoms with E-state index in [0.717, 1.165) is 12.2 Å². The van der Waals surface area contributed by atoms with Gasteiger partial charge in [0.25, 0.3) is 0 Å². The Bertz CT molecular complexity index is 79.0. The molecule has 0 aliphatic heterocycles. The van der Waals surface area contributed by atoms with Gasteiger partial charge in [0.2, 0.25) is 0 Å². The molecule has 0 bridgehead atoms. The van der Waals surface area contributed by atoms with Gasteiger partial charge < -0.3 is 5.73 Å². The molecule has 0 aromatic carbocycles. The zero-order valence-corrected chi connectivity index (χ0v) is 7.67. The molecule has 0 saturated carbocycles. The van der Waals surface area contributed by atoms with Crippen molar-refractivity contribution < 1.29 is 0 Å². The third kappa shape index (κ3) is 11.8. The fourth-order valence-electron chi connectivity index (χ4n) is 0.188.